The molecule has 3 N–H and O–H groups in total. The van der Waals surface area contributed by atoms with Gasteiger partial charge >= 0.3 is 12.1 Å². The van der Waals surface area contributed by atoms with Crippen LogP contribution in [0, 0.1) is 0 Å². The van der Waals surface area contributed by atoms with Crippen LogP contribution in [0.5, 0.6) is 0 Å². The predicted molar refractivity (Wildman–Crippen MR) is 172 cm³/mol. The average molecular weight is 648 g/mol. The Labute approximate surface area is 262 Å². The van der Waals surface area contributed by atoms with Crippen LogP contribution in [0.15, 0.2) is 91.3 Å². The maximum Gasteiger partial charge on any atom is 0.421 e. The fraction of sp³-hybridized carbons (Fsp3) is 0.156. The van der Waals surface area contributed by atoms with Gasteiger partial charge in [-0.1, -0.05) is 36.4 Å². The van der Waals surface area contributed by atoms with Crippen LogP contribution in [0.2, 0.25) is 0 Å². The first-order chi connectivity index (χ1) is 21.9. The van der Waals surface area contributed by atoms with Crippen molar-refractivity contribution in [3.63, 3.8) is 0 Å². The van der Waals surface area contributed by atoms with Gasteiger partial charge in [-0.2, -0.15) is 18.2 Å². The number of hydrogen-bond acceptors (Lipinski definition) is 10. The zero-order valence-electron chi connectivity index (χ0n) is 25.0. The molecule has 0 aliphatic heterocycles. The quantitative estimate of drug-likeness (QED) is 0.107. The fourth-order valence-electron chi connectivity index (χ4n) is 4.37. The van der Waals surface area contributed by atoms with Crippen LogP contribution in [-0.4, -0.2) is 46.3 Å². The Morgan fingerprint density at radius 1 is 0.891 bits per heavy atom. The highest BCUT2D eigenvalue weighted by molar-refractivity contribution is 7.70. The third kappa shape index (κ3) is 7.86. The molecule has 0 atom stereocenters. The first kappa shape index (κ1) is 32.1. The van der Waals surface area contributed by atoms with Crippen molar-refractivity contribution in [1.82, 2.24) is 19.9 Å². The zero-order chi connectivity index (χ0) is 32.9. The molecule has 0 saturated carbocycles. The van der Waals surface area contributed by atoms with Crippen LogP contribution in [0.4, 0.5) is 42.3 Å². The molecule has 0 saturated heterocycles. The Kier molecular flexibility index (Phi) is 9.33. The van der Waals surface area contributed by atoms with Crippen LogP contribution < -0.4 is 21.3 Å². The van der Waals surface area contributed by atoms with E-state index in [2.05, 4.69) is 35.9 Å². The summed E-state index contributed by atoms with van der Waals surface area (Å²) >= 11 is 0. The lowest BCUT2D eigenvalue weighted by molar-refractivity contribution is -0.137. The molecule has 0 spiro atoms. The molecule has 0 aliphatic rings. The van der Waals surface area contributed by atoms with Crippen molar-refractivity contribution in [2.75, 3.05) is 36.3 Å². The van der Waals surface area contributed by atoms with E-state index < -0.39 is 30.7 Å². The minimum Gasteiger partial charge on any atom is -0.457 e. The number of esters is 1. The lowest BCUT2D eigenvalue weighted by Gasteiger charge is -2.19. The second-order valence-electron chi connectivity index (χ2n) is 10.4. The summed E-state index contributed by atoms with van der Waals surface area (Å²) in [6.07, 6.45) is -2.52. The largest absolute Gasteiger partial charge is 0.457 e. The lowest BCUT2D eigenvalue weighted by atomic mass is 10.1. The molecule has 2 aromatic heterocycles. The van der Waals surface area contributed by atoms with Gasteiger partial charge < -0.3 is 25.3 Å². The first-order valence-corrected chi connectivity index (χ1v) is 16.5. The van der Waals surface area contributed by atoms with Crippen molar-refractivity contribution in [2.24, 2.45) is 0 Å². The molecule has 0 aliphatic carbocycles. The number of carbonyl (C=O) groups is 1. The summed E-state index contributed by atoms with van der Waals surface area (Å²) in [7, 11) is -1.33. The third-order valence-corrected chi connectivity index (χ3v) is 8.22. The summed E-state index contributed by atoms with van der Waals surface area (Å²) in [6, 6.07) is 21.8. The molecule has 0 radical (unpaired) electrons. The smallest absolute Gasteiger partial charge is 0.421 e. The normalized spacial score (nSPS) is 11.5. The number of rotatable bonds is 10. The summed E-state index contributed by atoms with van der Waals surface area (Å²) in [5.41, 5.74) is 1.89. The highest BCUT2D eigenvalue weighted by Crippen LogP contribution is 2.41. The number of aromatic nitrogens is 4. The van der Waals surface area contributed by atoms with Crippen LogP contribution in [0.1, 0.15) is 21.5 Å². The molecule has 2 heterocycles. The number of carbonyl (C=O) groups excluding carboxylic acids is 1. The van der Waals surface area contributed by atoms with Gasteiger partial charge in [-0.3, -0.25) is 0 Å². The second-order valence-corrected chi connectivity index (χ2v) is 13.6. The molecule has 5 rings (SSSR count). The van der Waals surface area contributed by atoms with Crippen molar-refractivity contribution >= 4 is 47.5 Å². The highest BCUT2D eigenvalue weighted by atomic mass is 31.2. The monoisotopic (exact) mass is 647 g/mol. The van der Waals surface area contributed by atoms with Crippen LogP contribution >= 0.6 is 7.14 Å². The number of ether oxygens (including phenoxy) is 1. The topological polar surface area (TPSA) is 131 Å². The Morgan fingerprint density at radius 3 is 2.30 bits per heavy atom. The predicted octanol–water partition coefficient (Wildman–Crippen LogP) is 7.09. The van der Waals surface area contributed by atoms with E-state index >= 15 is 0 Å². The number of benzene rings is 3. The van der Waals surface area contributed by atoms with Gasteiger partial charge in [-0.25, -0.2) is 19.7 Å². The van der Waals surface area contributed by atoms with Crippen LogP contribution in [0.25, 0.3) is 11.3 Å². The van der Waals surface area contributed by atoms with Crippen molar-refractivity contribution in [3.05, 3.63) is 108 Å². The van der Waals surface area contributed by atoms with Crippen molar-refractivity contribution in [3.8, 4) is 11.3 Å². The second kappa shape index (κ2) is 13.4. The third-order valence-electron chi connectivity index (χ3n) is 6.69. The molecular formula is C32H29F3N7O3P. The van der Waals surface area contributed by atoms with Crippen LogP contribution in [-0.2, 0) is 22.1 Å². The molecule has 0 fully saturated rings. The maximum absolute atomic E-state index is 14.0. The number of alkyl halides is 3. The molecule has 10 nitrogen and oxygen atoms in total. The standard InChI is InChI=1S/C32H29F3N7O3P/c1-36-30-37-16-15-25(41-30)22-11-14-26(27(17-22)46(2,3)44)40-28-24(32(33,34)35)18-38-31(42-28)39-23-12-9-20(10-13-23)19-45-29(43)21-7-5-4-6-8-21/h4-18H,19H2,1-3H3,(H,36,37,41)(H2,38,39,40,42). The van der Waals surface area contributed by atoms with E-state index in [0.29, 0.717) is 45.5 Å². The fourth-order valence-corrected chi connectivity index (χ4v) is 5.53. The molecule has 0 bridgehead atoms. The Hall–Kier alpha value is -5.29. The Balaban J connectivity index is 1.38. The molecule has 46 heavy (non-hydrogen) atoms. The minimum absolute atomic E-state index is 0.0343. The van der Waals surface area contributed by atoms with E-state index in [1.807, 2.05) is 0 Å². The van der Waals surface area contributed by atoms with Crippen LogP contribution in [0.3, 0.4) is 0 Å². The molecule has 0 amide bonds. The number of anilines is 5. The molecule has 0 unspecified atom stereocenters. The first-order valence-electron chi connectivity index (χ1n) is 13.9. The summed E-state index contributed by atoms with van der Waals surface area (Å²) in [5, 5.41) is 8.83. The Morgan fingerprint density at radius 2 is 1.63 bits per heavy atom. The van der Waals surface area contributed by atoms with Gasteiger partial charge in [0.2, 0.25) is 11.9 Å². The Bertz CT molecular complexity index is 1900. The van der Waals surface area contributed by atoms with Crippen molar-refractivity contribution in [2.45, 2.75) is 12.8 Å². The molecule has 14 heteroatoms. The number of hydrogen-bond donors (Lipinski definition) is 3. The number of halogens is 3. The molecule has 5 aromatic rings. The van der Waals surface area contributed by atoms with E-state index in [9.17, 15) is 22.5 Å². The van der Waals surface area contributed by atoms with Gasteiger partial charge in [0.15, 0.2) is 0 Å². The SMILES string of the molecule is CNc1nccc(-c2ccc(Nc3nc(Nc4ccc(COC(=O)c5ccccc5)cc4)ncc3C(F)(F)F)c(P(C)(C)=O)c2)n1. The maximum atomic E-state index is 14.0. The van der Waals surface area contributed by atoms with E-state index in [-0.39, 0.29) is 18.2 Å². The lowest BCUT2D eigenvalue weighted by Crippen LogP contribution is -2.16. The van der Waals surface area contributed by atoms with E-state index in [1.165, 1.54) is 13.3 Å². The van der Waals surface area contributed by atoms with Gasteiger partial charge in [0.05, 0.1) is 16.9 Å². The van der Waals surface area contributed by atoms with Gasteiger partial charge in [0.25, 0.3) is 0 Å². The van der Waals surface area contributed by atoms with E-state index in [0.717, 1.165) is 0 Å². The molecule has 3 aromatic carbocycles. The zero-order valence-corrected chi connectivity index (χ0v) is 25.9. The number of nitrogens with one attached hydrogen (secondary N) is 3. The van der Waals surface area contributed by atoms with Gasteiger partial charge in [-0.05, 0) is 61.4 Å². The average Bonchev–Trinajstić information content (AvgIpc) is 3.04. The number of nitrogens with zero attached hydrogens (tertiary/aromatic N) is 4. The molecule has 236 valence electrons. The van der Waals surface area contributed by atoms with Gasteiger partial charge in [0, 0.05) is 36.0 Å². The highest BCUT2D eigenvalue weighted by Gasteiger charge is 2.36. The van der Waals surface area contributed by atoms with E-state index in [4.69, 9.17) is 4.74 Å². The summed E-state index contributed by atoms with van der Waals surface area (Å²) in [6.45, 7) is 3.09. The molecular weight excluding hydrogens is 618 g/mol. The van der Waals surface area contributed by atoms with E-state index in [1.54, 1.807) is 92.1 Å². The van der Waals surface area contributed by atoms with Gasteiger partial charge in [-0.15, -0.1) is 0 Å². The van der Waals surface area contributed by atoms with Crippen molar-refractivity contribution in [1.29, 1.82) is 0 Å². The summed E-state index contributed by atoms with van der Waals surface area (Å²) < 4.78 is 60.8. The van der Waals surface area contributed by atoms with Gasteiger partial charge in [0.1, 0.15) is 25.1 Å². The summed E-state index contributed by atoms with van der Waals surface area (Å²) in [4.78, 5) is 28.7. The minimum atomic E-state index is -4.77. The summed E-state index contributed by atoms with van der Waals surface area (Å²) in [5.74, 6) is -0.697. The van der Waals surface area contributed by atoms with Crippen molar-refractivity contribution < 1.29 is 27.3 Å².